The highest BCUT2D eigenvalue weighted by Crippen LogP contribution is 2.26. The number of pyridine rings is 1. The molecule has 2 aromatic carbocycles. The minimum Gasteiger partial charge on any atom is -0.485 e. The zero-order chi connectivity index (χ0) is 29.0. The second kappa shape index (κ2) is 11.8. The van der Waals surface area contributed by atoms with Crippen LogP contribution in [0.3, 0.4) is 0 Å². The van der Waals surface area contributed by atoms with Gasteiger partial charge in [-0.05, 0) is 76.1 Å². The van der Waals surface area contributed by atoms with Crippen molar-refractivity contribution in [2.24, 2.45) is 0 Å². The van der Waals surface area contributed by atoms with Crippen LogP contribution in [0, 0.1) is 24.4 Å². The fraction of sp³-hybridized carbons (Fsp3) is 0.300. The SMILES string of the molecule is Cc1nc2c(OCc3c(F)cccc3F)cccn2c1C(=O)NC(CCC(=O)OC(C)(C)C)c1ccc(F)cc1. The summed E-state index contributed by atoms with van der Waals surface area (Å²) in [6.45, 7) is 6.58. The van der Waals surface area contributed by atoms with Gasteiger partial charge < -0.3 is 14.8 Å². The Balaban J connectivity index is 1.58. The number of carbonyl (C=O) groups excluding carboxylic acids is 2. The molecule has 7 nitrogen and oxygen atoms in total. The molecule has 2 aromatic heterocycles. The third-order valence-corrected chi connectivity index (χ3v) is 6.07. The lowest BCUT2D eigenvalue weighted by molar-refractivity contribution is -0.155. The van der Waals surface area contributed by atoms with Crippen LogP contribution in [0.1, 0.15) is 67.0 Å². The molecule has 1 N–H and O–H groups in total. The summed E-state index contributed by atoms with van der Waals surface area (Å²) in [4.78, 5) is 30.4. The fourth-order valence-corrected chi connectivity index (χ4v) is 4.26. The van der Waals surface area contributed by atoms with E-state index in [4.69, 9.17) is 9.47 Å². The van der Waals surface area contributed by atoms with E-state index in [-0.39, 0.29) is 42.1 Å². The normalized spacial score (nSPS) is 12.3. The van der Waals surface area contributed by atoms with E-state index in [2.05, 4.69) is 10.3 Å². The molecule has 0 saturated carbocycles. The van der Waals surface area contributed by atoms with Crippen LogP contribution in [0.15, 0.2) is 60.8 Å². The van der Waals surface area contributed by atoms with Crippen molar-refractivity contribution in [1.82, 2.24) is 14.7 Å². The van der Waals surface area contributed by atoms with E-state index in [9.17, 15) is 22.8 Å². The number of hydrogen-bond donors (Lipinski definition) is 1. The van der Waals surface area contributed by atoms with Gasteiger partial charge in [-0.25, -0.2) is 18.2 Å². The van der Waals surface area contributed by atoms with Crippen LogP contribution in [0.25, 0.3) is 5.65 Å². The molecule has 4 rings (SSSR count). The molecule has 1 unspecified atom stereocenters. The van der Waals surface area contributed by atoms with E-state index >= 15 is 0 Å². The van der Waals surface area contributed by atoms with Gasteiger partial charge >= 0.3 is 5.97 Å². The lowest BCUT2D eigenvalue weighted by Crippen LogP contribution is -2.31. The van der Waals surface area contributed by atoms with Gasteiger partial charge in [0.2, 0.25) is 0 Å². The number of aromatic nitrogens is 2. The molecule has 0 aliphatic heterocycles. The molecule has 0 aliphatic rings. The number of amides is 1. The predicted octanol–water partition coefficient (Wildman–Crippen LogP) is 6.23. The molecular formula is C30H30F3N3O4. The Morgan fingerprint density at radius 3 is 2.33 bits per heavy atom. The van der Waals surface area contributed by atoms with Gasteiger partial charge in [-0.3, -0.25) is 14.0 Å². The van der Waals surface area contributed by atoms with Crippen molar-refractivity contribution in [3.8, 4) is 5.75 Å². The molecule has 0 radical (unpaired) electrons. The first kappa shape index (κ1) is 28.7. The summed E-state index contributed by atoms with van der Waals surface area (Å²) in [6.07, 6.45) is 1.86. The summed E-state index contributed by atoms with van der Waals surface area (Å²) in [5, 5.41) is 2.93. The van der Waals surface area contributed by atoms with Crippen molar-refractivity contribution in [3.05, 3.63) is 101 Å². The standard InChI is InChI=1S/C30H30F3N3O4/c1-18-27(36-16-6-9-25(28(36)34-18)39-17-21-22(32)7-5-8-23(21)33)29(38)35-24(19-10-12-20(31)13-11-19)14-15-26(37)40-30(2,3)4/h5-13,16,24H,14-15,17H2,1-4H3,(H,35,38). The largest absolute Gasteiger partial charge is 0.485 e. The minimum atomic E-state index is -0.732. The highest BCUT2D eigenvalue weighted by atomic mass is 19.1. The van der Waals surface area contributed by atoms with Crippen LogP contribution in [0.2, 0.25) is 0 Å². The van der Waals surface area contributed by atoms with Crippen LogP contribution in [0.4, 0.5) is 13.2 Å². The molecule has 0 spiro atoms. The highest BCUT2D eigenvalue weighted by molar-refractivity contribution is 5.95. The Kier molecular flexibility index (Phi) is 8.46. The molecule has 10 heteroatoms. The zero-order valence-electron chi connectivity index (χ0n) is 22.6. The molecule has 0 saturated heterocycles. The number of rotatable bonds is 9. The molecule has 0 fully saturated rings. The third-order valence-electron chi connectivity index (χ3n) is 6.07. The Labute approximate surface area is 229 Å². The van der Waals surface area contributed by atoms with Crippen molar-refractivity contribution in [1.29, 1.82) is 0 Å². The summed E-state index contributed by atoms with van der Waals surface area (Å²) in [6, 6.07) is 11.8. The van der Waals surface area contributed by atoms with Crippen molar-refractivity contribution >= 4 is 17.5 Å². The van der Waals surface area contributed by atoms with Crippen LogP contribution >= 0.6 is 0 Å². The summed E-state index contributed by atoms with van der Waals surface area (Å²) in [7, 11) is 0. The van der Waals surface area contributed by atoms with Crippen molar-refractivity contribution in [3.63, 3.8) is 0 Å². The van der Waals surface area contributed by atoms with E-state index in [1.54, 1.807) is 58.2 Å². The molecule has 210 valence electrons. The monoisotopic (exact) mass is 553 g/mol. The number of aryl methyl sites for hydroxylation is 1. The molecule has 1 amide bonds. The van der Waals surface area contributed by atoms with E-state index in [0.717, 1.165) is 12.1 Å². The number of nitrogens with zero attached hydrogens (tertiary/aromatic N) is 2. The first-order valence-electron chi connectivity index (χ1n) is 12.7. The highest BCUT2D eigenvalue weighted by Gasteiger charge is 2.24. The van der Waals surface area contributed by atoms with E-state index in [1.165, 1.54) is 22.6 Å². The van der Waals surface area contributed by atoms with E-state index in [1.807, 2.05) is 0 Å². The number of halogens is 3. The Bertz CT molecular complexity index is 1510. The Morgan fingerprint density at radius 1 is 1.00 bits per heavy atom. The maximum Gasteiger partial charge on any atom is 0.306 e. The van der Waals surface area contributed by atoms with Gasteiger partial charge in [0.25, 0.3) is 5.91 Å². The number of carbonyl (C=O) groups is 2. The zero-order valence-corrected chi connectivity index (χ0v) is 22.6. The number of esters is 1. The molecule has 1 atom stereocenters. The summed E-state index contributed by atoms with van der Waals surface area (Å²) in [5.41, 5.74) is 0.613. The summed E-state index contributed by atoms with van der Waals surface area (Å²) < 4.78 is 54.4. The maximum atomic E-state index is 14.1. The first-order chi connectivity index (χ1) is 18.9. The van der Waals surface area contributed by atoms with Crippen LogP contribution in [0.5, 0.6) is 5.75 Å². The van der Waals surface area contributed by atoms with Crippen LogP contribution in [-0.4, -0.2) is 26.9 Å². The molecule has 0 bridgehead atoms. The van der Waals surface area contributed by atoms with Gasteiger partial charge in [-0.15, -0.1) is 0 Å². The topological polar surface area (TPSA) is 81.9 Å². The number of fused-ring (bicyclic) bond motifs is 1. The molecule has 0 aliphatic carbocycles. The molecule has 4 aromatic rings. The van der Waals surface area contributed by atoms with Crippen LogP contribution in [-0.2, 0) is 16.1 Å². The number of benzene rings is 2. The number of nitrogens with one attached hydrogen (secondary N) is 1. The van der Waals surface area contributed by atoms with E-state index in [0.29, 0.717) is 11.3 Å². The first-order valence-corrected chi connectivity index (χ1v) is 12.7. The lowest BCUT2D eigenvalue weighted by Gasteiger charge is -2.22. The summed E-state index contributed by atoms with van der Waals surface area (Å²) >= 11 is 0. The Hall–Kier alpha value is -4.34. The van der Waals surface area contributed by atoms with Crippen molar-refractivity contribution in [2.45, 2.75) is 58.8 Å². The lowest BCUT2D eigenvalue weighted by atomic mass is 10.0. The fourth-order valence-electron chi connectivity index (χ4n) is 4.26. The van der Waals surface area contributed by atoms with Crippen LogP contribution < -0.4 is 10.1 Å². The quantitative estimate of drug-likeness (QED) is 0.249. The predicted molar refractivity (Wildman–Crippen MR) is 142 cm³/mol. The maximum absolute atomic E-state index is 14.1. The Morgan fingerprint density at radius 2 is 1.68 bits per heavy atom. The number of hydrogen-bond acceptors (Lipinski definition) is 5. The van der Waals surface area contributed by atoms with Gasteiger partial charge in [0.05, 0.1) is 17.3 Å². The number of imidazole rings is 1. The second-order valence-electron chi connectivity index (χ2n) is 10.3. The third kappa shape index (κ3) is 6.80. The average Bonchev–Trinajstić information content (AvgIpc) is 3.22. The number of ether oxygens (including phenoxy) is 2. The van der Waals surface area contributed by atoms with Crippen molar-refractivity contribution < 1.29 is 32.2 Å². The smallest absolute Gasteiger partial charge is 0.306 e. The molecule has 2 heterocycles. The van der Waals surface area contributed by atoms with Gasteiger partial charge in [0, 0.05) is 12.6 Å². The van der Waals surface area contributed by atoms with Crippen molar-refractivity contribution in [2.75, 3.05) is 0 Å². The summed E-state index contributed by atoms with van der Waals surface area (Å²) in [5.74, 6) is -2.57. The molecule has 40 heavy (non-hydrogen) atoms. The second-order valence-corrected chi connectivity index (χ2v) is 10.3. The van der Waals surface area contributed by atoms with Gasteiger partial charge in [-0.1, -0.05) is 18.2 Å². The van der Waals surface area contributed by atoms with Gasteiger partial charge in [-0.2, -0.15) is 0 Å². The van der Waals surface area contributed by atoms with Gasteiger partial charge in [0.1, 0.15) is 35.4 Å². The molecular weight excluding hydrogens is 523 g/mol. The van der Waals surface area contributed by atoms with Gasteiger partial charge in [0.15, 0.2) is 11.4 Å². The minimum absolute atomic E-state index is 0.0241. The average molecular weight is 554 g/mol. The van der Waals surface area contributed by atoms with E-state index < -0.39 is 41.0 Å².